The first-order chi connectivity index (χ1) is 16.2. The van der Waals surface area contributed by atoms with Crippen LogP contribution in [0.2, 0.25) is 10.0 Å². The quantitative estimate of drug-likeness (QED) is 0.190. The number of rotatable bonds is 9. The molecule has 178 valence electrons. The minimum Gasteiger partial charge on any atom is -0.480 e. The maximum atomic E-state index is 12.5. The number of hydrogen-bond donors (Lipinski definition) is 6. The standard InChI is InChI=1S/C21H21Cl2N7O4/c22-12-2-1-3-13(23)18(12)19(32)29-15(20(33)34)9-26-17(31)6-7-30-10-27-14-5-4-11(8-16(14)30)28-21(24)25/h1-5,8,10,15H,6-7,9H2,(H,26,31)(H,29,32)(H,33,34)(H4,24,25,28). The van der Waals surface area contributed by atoms with Crippen molar-refractivity contribution in [3.8, 4) is 0 Å². The second-order valence-electron chi connectivity index (χ2n) is 7.20. The smallest absolute Gasteiger partial charge is 0.328 e. The SMILES string of the molecule is N=C(N)Nc1ccc2ncn(CCC(=O)NCC(NC(=O)c3c(Cl)cccc3Cl)C(=O)O)c2c1. The van der Waals surface area contributed by atoms with Crippen molar-refractivity contribution < 1.29 is 19.5 Å². The summed E-state index contributed by atoms with van der Waals surface area (Å²) in [6, 6.07) is 8.31. The first kappa shape index (κ1) is 24.8. The third-order valence-electron chi connectivity index (χ3n) is 4.78. The fraction of sp³-hybridized carbons (Fsp3) is 0.190. The van der Waals surface area contributed by atoms with Gasteiger partial charge < -0.3 is 31.4 Å². The monoisotopic (exact) mass is 505 g/mol. The molecule has 0 fully saturated rings. The summed E-state index contributed by atoms with van der Waals surface area (Å²) in [6.07, 6.45) is 1.61. The molecule has 0 aliphatic carbocycles. The highest BCUT2D eigenvalue weighted by atomic mass is 35.5. The number of carbonyl (C=O) groups is 3. The number of aliphatic carboxylic acids is 1. The summed E-state index contributed by atoms with van der Waals surface area (Å²) in [5.41, 5.74) is 7.33. The van der Waals surface area contributed by atoms with E-state index in [-0.39, 0.29) is 41.1 Å². The molecule has 11 nitrogen and oxygen atoms in total. The van der Waals surface area contributed by atoms with Crippen molar-refractivity contribution in [2.24, 2.45) is 5.73 Å². The van der Waals surface area contributed by atoms with Crippen molar-refractivity contribution in [2.45, 2.75) is 19.0 Å². The Kier molecular flexibility index (Phi) is 7.92. The Morgan fingerprint density at radius 3 is 2.53 bits per heavy atom. The third-order valence-corrected chi connectivity index (χ3v) is 5.41. The zero-order valence-electron chi connectivity index (χ0n) is 17.6. The number of nitrogens with two attached hydrogens (primary N) is 1. The van der Waals surface area contributed by atoms with Crippen molar-refractivity contribution in [2.75, 3.05) is 11.9 Å². The number of halogens is 2. The molecule has 13 heteroatoms. The Morgan fingerprint density at radius 2 is 1.88 bits per heavy atom. The fourth-order valence-electron chi connectivity index (χ4n) is 3.14. The number of fused-ring (bicyclic) bond motifs is 1. The summed E-state index contributed by atoms with van der Waals surface area (Å²) in [4.78, 5) is 40.6. The minimum absolute atomic E-state index is 0.0342. The number of hydrogen-bond acceptors (Lipinski definition) is 5. The van der Waals surface area contributed by atoms with E-state index in [1.165, 1.54) is 12.1 Å². The van der Waals surface area contributed by atoms with Gasteiger partial charge in [0.05, 0.1) is 33.0 Å². The number of nitrogens with one attached hydrogen (secondary N) is 4. The number of aromatic nitrogens is 2. The Labute approximate surface area is 203 Å². The predicted octanol–water partition coefficient (Wildman–Crippen LogP) is 2.04. The van der Waals surface area contributed by atoms with Crippen molar-refractivity contribution in [1.82, 2.24) is 20.2 Å². The largest absolute Gasteiger partial charge is 0.480 e. The first-order valence-corrected chi connectivity index (χ1v) is 10.7. The molecule has 1 heterocycles. The van der Waals surface area contributed by atoms with Crippen LogP contribution < -0.4 is 21.7 Å². The van der Waals surface area contributed by atoms with Gasteiger partial charge in [0.1, 0.15) is 6.04 Å². The predicted molar refractivity (Wildman–Crippen MR) is 128 cm³/mol. The van der Waals surface area contributed by atoms with Gasteiger partial charge >= 0.3 is 5.97 Å². The van der Waals surface area contributed by atoms with Crippen LogP contribution in [-0.4, -0.2) is 51.0 Å². The van der Waals surface area contributed by atoms with Gasteiger partial charge in [-0.25, -0.2) is 9.78 Å². The molecule has 0 saturated heterocycles. The van der Waals surface area contributed by atoms with Crippen LogP contribution in [0.5, 0.6) is 0 Å². The number of imidazole rings is 1. The van der Waals surface area contributed by atoms with Gasteiger partial charge in [0.15, 0.2) is 5.96 Å². The Balaban J connectivity index is 1.58. The van der Waals surface area contributed by atoms with E-state index in [0.29, 0.717) is 11.2 Å². The zero-order valence-corrected chi connectivity index (χ0v) is 19.2. The van der Waals surface area contributed by atoms with Gasteiger partial charge in [0.2, 0.25) is 5.91 Å². The van der Waals surface area contributed by atoms with E-state index >= 15 is 0 Å². The Morgan fingerprint density at radius 1 is 1.18 bits per heavy atom. The lowest BCUT2D eigenvalue weighted by molar-refractivity contribution is -0.139. The number of amides is 2. The van der Waals surface area contributed by atoms with Crippen LogP contribution >= 0.6 is 23.2 Å². The third kappa shape index (κ3) is 6.15. The van der Waals surface area contributed by atoms with Crippen molar-refractivity contribution in [3.63, 3.8) is 0 Å². The second-order valence-corrected chi connectivity index (χ2v) is 8.01. The number of carboxylic acids is 1. The molecule has 1 atom stereocenters. The molecule has 0 aliphatic rings. The number of nitrogens with zero attached hydrogens (tertiary/aromatic N) is 2. The van der Waals surface area contributed by atoms with Gasteiger partial charge in [0, 0.05) is 25.2 Å². The minimum atomic E-state index is -1.39. The topological polar surface area (TPSA) is 175 Å². The molecule has 7 N–H and O–H groups in total. The van der Waals surface area contributed by atoms with E-state index in [4.69, 9.17) is 34.3 Å². The normalized spacial score (nSPS) is 11.6. The number of anilines is 1. The van der Waals surface area contributed by atoms with Gasteiger partial charge in [-0.15, -0.1) is 0 Å². The lowest BCUT2D eigenvalue weighted by Gasteiger charge is -2.16. The first-order valence-electron chi connectivity index (χ1n) is 9.96. The summed E-state index contributed by atoms with van der Waals surface area (Å²) in [6.45, 7) is -0.0650. The van der Waals surface area contributed by atoms with Crippen LogP contribution in [0.1, 0.15) is 16.8 Å². The summed E-state index contributed by atoms with van der Waals surface area (Å²) in [5.74, 6) is -2.72. The van der Waals surface area contributed by atoms with Crippen LogP contribution in [-0.2, 0) is 16.1 Å². The summed E-state index contributed by atoms with van der Waals surface area (Å²) < 4.78 is 1.75. The highest BCUT2D eigenvalue weighted by Crippen LogP contribution is 2.24. The van der Waals surface area contributed by atoms with E-state index in [1.54, 1.807) is 35.2 Å². The lowest BCUT2D eigenvalue weighted by Crippen LogP contribution is -2.48. The summed E-state index contributed by atoms with van der Waals surface area (Å²) >= 11 is 12.0. The van der Waals surface area contributed by atoms with Crippen molar-refractivity contribution in [1.29, 1.82) is 5.41 Å². The number of carboxylic acid groups (broad SMARTS) is 1. The second kappa shape index (κ2) is 10.9. The van der Waals surface area contributed by atoms with Crippen molar-refractivity contribution >= 4 is 63.7 Å². The molecule has 2 amide bonds. The Bertz CT molecular complexity index is 1240. The molecule has 1 aromatic heterocycles. The van der Waals surface area contributed by atoms with Gasteiger partial charge in [-0.05, 0) is 30.3 Å². The average Bonchev–Trinajstić information content (AvgIpc) is 3.16. The van der Waals surface area contributed by atoms with Gasteiger partial charge in [-0.1, -0.05) is 29.3 Å². The van der Waals surface area contributed by atoms with Crippen molar-refractivity contribution in [3.05, 3.63) is 58.3 Å². The molecule has 34 heavy (non-hydrogen) atoms. The fourth-order valence-corrected chi connectivity index (χ4v) is 3.71. The molecule has 2 aromatic carbocycles. The highest BCUT2D eigenvalue weighted by molar-refractivity contribution is 6.39. The molecule has 0 bridgehead atoms. The van der Waals surface area contributed by atoms with E-state index < -0.39 is 23.8 Å². The average molecular weight is 506 g/mol. The zero-order chi connectivity index (χ0) is 24.8. The van der Waals surface area contributed by atoms with E-state index in [1.807, 2.05) is 0 Å². The van der Waals surface area contributed by atoms with Crippen LogP contribution in [0.4, 0.5) is 5.69 Å². The van der Waals surface area contributed by atoms with E-state index in [0.717, 1.165) is 5.52 Å². The summed E-state index contributed by atoms with van der Waals surface area (Å²) in [7, 11) is 0. The molecule has 0 saturated carbocycles. The molecule has 3 rings (SSSR count). The Hall–Kier alpha value is -3.83. The lowest BCUT2D eigenvalue weighted by atomic mass is 10.2. The van der Waals surface area contributed by atoms with E-state index in [2.05, 4.69) is 20.9 Å². The maximum absolute atomic E-state index is 12.5. The van der Waals surface area contributed by atoms with Crippen LogP contribution in [0.3, 0.4) is 0 Å². The molecular weight excluding hydrogens is 485 g/mol. The molecule has 0 spiro atoms. The molecular formula is C21H21Cl2N7O4. The van der Waals surface area contributed by atoms with E-state index in [9.17, 15) is 19.5 Å². The molecule has 0 aliphatic heterocycles. The highest BCUT2D eigenvalue weighted by Gasteiger charge is 2.24. The van der Waals surface area contributed by atoms with Gasteiger partial charge in [-0.2, -0.15) is 0 Å². The number of guanidine groups is 1. The summed E-state index contributed by atoms with van der Waals surface area (Å²) in [5, 5.41) is 24.4. The number of benzene rings is 2. The molecule has 1 unspecified atom stereocenters. The number of aryl methyl sites for hydroxylation is 1. The van der Waals surface area contributed by atoms with Crippen LogP contribution in [0.15, 0.2) is 42.7 Å². The number of carbonyl (C=O) groups excluding carboxylic acids is 2. The maximum Gasteiger partial charge on any atom is 0.328 e. The van der Waals surface area contributed by atoms with Crippen LogP contribution in [0, 0.1) is 5.41 Å². The van der Waals surface area contributed by atoms with Gasteiger partial charge in [0.25, 0.3) is 5.91 Å². The van der Waals surface area contributed by atoms with Crippen LogP contribution in [0.25, 0.3) is 11.0 Å². The molecule has 0 radical (unpaired) electrons. The molecule has 3 aromatic rings. The van der Waals surface area contributed by atoms with Gasteiger partial charge in [-0.3, -0.25) is 15.0 Å².